The van der Waals surface area contributed by atoms with Crippen molar-refractivity contribution in [3.8, 4) is 0 Å². The molecule has 0 spiro atoms. The van der Waals surface area contributed by atoms with Crippen LogP contribution in [0.25, 0.3) is 11.0 Å². The van der Waals surface area contributed by atoms with Gasteiger partial charge in [-0.15, -0.1) is 0 Å². The number of fused-ring (bicyclic) bond motifs is 1. The number of nitrogens with two attached hydrogens (primary N) is 1. The number of nitrogen functional groups attached to an aromatic ring is 1. The molecular weight excluding hydrogens is 244 g/mol. The first-order chi connectivity index (χ1) is 9.22. The molecule has 6 heteroatoms. The lowest BCUT2D eigenvalue weighted by Crippen LogP contribution is -2.25. The fourth-order valence-corrected chi connectivity index (χ4v) is 2.69. The van der Waals surface area contributed by atoms with Gasteiger partial charge in [-0.05, 0) is 12.8 Å². The Hall–Kier alpha value is -1.82. The number of hydrogen-bond donors (Lipinski definition) is 2. The molecule has 3 rings (SSSR count). The van der Waals surface area contributed by atoms with Crippen LogP contribution in [-0.2, 0) is 7.05 Å². The number of rotatable bonds is 4. The highest BCUT2D eigenvalue weighted by Crippen LogP contribution is 2.30. The van der Waals surface area contributed by atoms with Crippen molar-refractivity contribution in [1.29, 1.82) is 0 Å². The molecule has 0 amide bonds. The molecular formula is C13H20N4O2. The van der Waals surface area contributed by atoms with Gasteiger partial charge in [0.1, 0.15) is 23.8 Å². The van der Waals surface area contributed by atoms with Crippen LogP contribution in [0.5, 0.6) is 0 Å². The van der Waals surface area contributed by atoms with Crippen LogP contribution in [0.2, 0.25) is 0 Å². The van der Waals surface area contributed by atoms with Gasteiger partial charge in [-0.3, -0.25) is 0 Å². The standard InChI is InChI=1S/C13H20N4O2/c1-15-10-9-13(16-4-2-3-5-16)17(19-7-6-18)11(10)8-12(15)14/h8-9,18H,2-7,14H2,1H3. The molecule has 104 valence electrons. The molecule has 1 aliphatic rings. The lowest BCUT2D eigenvalue weighted by Gasteiger charge is -2.20. The summed E-state index contributed by atoms with van der Waals surface area (Å²) in [7, 11) is 1.95. The molecule has 0 saturated carbocycles. The van der Waals surface area contributed by atoms with E-state index in [0.29, 0.717) is 5.82 Å². The van der Waals surface area contributed by atoms with Gasteiger partial charge >= 0.3 is 0 Å². The van der Waals surface area contributed by atoms with Crippen LogP contribution in [0.1, 0.15) is 12.8 Å². The van der Waals surface area contributed by atoms with E-state index < -0.39 is 0 Å². The smallest absolute Gasteiger partial charge is 0.147 e. The zero-order valence-corrected chi connectivity index (χ0v) is 11.2. The second-order valence-electron chi connectivity index (χ2n) is 4.95. The zero-order chi connectivity index (χ0) is 13.4. The number of aliphatic hydroxyl groups excluding tert-OH is 1. The third kappa shape index (κ3) is 1.92. The highest BCUT2D eigenvalue weighted by atomic mass is 16.7. The van der Waals surface area contributed by atoms with E-state index in [-0.39, 0.29) is 13.2 Å². The Kier molecular flexibility index (Phi) is 3.02. The molecule has 6 nitrogen and oxygen atoms in total. The minimum Gasteiger partial charge on any atom is -0.409 e. The largest absolute Gasteiger partial charge is 0.409 e. The molecule has 0 aromatic carbocycles. The Balaban J connectivity index is 2.08. The summed E-state index contributed by atoms with van der Waals surface area (Å²) in [6.45, 7) is 2.38. The molecule has 2 aromatic rings. The third-order valence-electron chi connectivity index (χ3n) is 3.73. The van der Waals surface area contributed by atoms with Crippen LogP contribution >= 0.6 is 0 Å². The first-order valence-electron chi connectivity index (χ1n) is 6.68. The number of aromatic nitrogens is 2. The first-order valence-corrected chi connectivity index (χ1v) is 6.68. The SMILES string of the molecule is Cn1c(N)cc2c1cc(N1CCCC1)n2OCCO. The van der Waals surface area contributed by atoms with Crippen molar-refractivity contribution in [1.82, 2.24) is 9.30 Å². The summed E-state index contributed by atoms with van der Waals surface area (Å²) in [4.78, 5) is 7.99. The summed E-state index contributed by atoms with van der Waals surface area (Å²) < 4.78 is 3.75. The molecule has 3 N–H and O–H groups in total. The van der Waals surface area contributed by atoms with Gasteiger partial charge in [0.25, 0.3) is 0 Å². The Morgan fingerprint density at radius 3 is 2.68 bits per heavy atom. The van der Waals surface area contributed by atoms with E-state index in [1.807, 2.05) is 17.7 Å². The third-order valence-corrected chi connectivity index (χ3v) is 3.73. The second-order valence-corrected chi connectivity index (χ2v) is 4.95. The summed E-state index contributed by atoms with van der Waals surface area (Å²) >= 11 is 0. The maximum Gasteiger partial charge on any atom is 0.147 e. The Morgan fingerprint density at radius 1 is 1.26 bits per heavy atom. The van der Waals surface area contributed by atoms with Crippen molar-refractivity contribution < 1.29 is 9.94 Å². The van der Waals surface area contributed by atoms with E-state index in [2.05, 4.69) is 11.0 Å². The van der Waals surface area contributed by atoms with Crippen LogP contribution in [0.3, 0.4) is 0 Å². The first kappa shape index (κ1) is 12.2. The van der Waals surface area contributed by atoms with E-state index in [0.717, 1.165) is 29.9 Å². The van der Waals surface area contributed by atoms with Gasteiger partial charge in [-0.2, -0.15) is 4.73 Å². The molecule has 1 fully saturated rings. The van der Waals surface area contributed by atoms with E-state index in [9.17, 15) is 0 Å². The van der Waals surface area contributed by atoms with E-state index in [4.69, 9.17) is 15.7 Å². The quantitative estimate of drug-likeness (QED) is 0.848. The van der Waals surface area contributed by atoms with Crippen molar-refractivity contribution in [3.63, 3.8) is 0 Å². The number of aliphatic hydroxyl groups is 1. The summed E-state index contributed by atoms with van der Waals surface area (Å²) in [6.07, 6.45) is 2.42. The van der Waals surface area contributed by atoms with Crippen LogP contribution < -0.4 is 15.5 Å². The molecule has 0 radical (unpaired) electrons. The normalized spacial score (nSPS) is 15.6. The highest BCUT2D eigenvalue weighted by Gasteiger charge is 2.21. The average Bonchev–Trinajstić information content (AvgIpc) is 3.07. The van der Waals surface area contributed by atoms with Gasteiger partial charge in [-0.1, -0.05) is 0 Å². The van der Waals surface area contributed by atoms with Crippen LogP contribution in [0, 0.1) is 0 Å². The monoisotopic (exact) mass is 264 g/mol. The minimum absolute atomic E-state index is 0.00142. The highest BCUT2D eigenvalue weighted by molar-refractivity contribution is 5.86. The topological polar surface area (TPSA) is 68.6 Å². The van der Waals surface area contributed by atoms with Crippen LogP contribution in [0.15, 0.2) is 12.1 Å². The summed E-state index contributed by atoms with van der Waals surface area (Å²) in [5.41, 5.74) is 7.94. The van der Waals surface area contributed by atoms with Crippen molar-refractivity contribution in [2.45, 2.75) is 12.8 Å². The van der Waals surface area contributed by atoms with Crippen molar-refractivity contribution in [2.24, 2.45) is 7.05 Å². The number of aryl methyl sites for hydroxylation is 1. The predicted octanol–water partition coefficient (Wildman–Crippen LogP) is 0.583. The molecule has 3 heterocycles. The summed E-state index contributed by atoms with van der Waals surface area (Å²) in [5.74, 6) is 1.76. The molecule has 0 bridgehead atoms. The van der Waals surface area contributed by atoms with E-state index >= 15 is 0 Å². The molecule has 1 saturated heterocycles. The molecule has 0 atom stereocenters. The maximum atomic E-state index is 8.97. The Labute approximate surface area is 111 Å². The lowest BCUT2D eigenvalue weighted by atomic mass is 10.4. The number of anilines is 2. The molecule has 19 heavy (non-hydrogen) atoms. The van der Waals surface area contributed by atoms with Gasteiger partial charge in [0.15, 0.2) is 0 Å². The van der Waals surface area contributed by atoms with Crippen LogP contribution in [0.4, 0.5) is 11.6 Å². The summed E-state index contributed by atoms with van der Waals surface area (Å²) in [5, 5.41) is 8.97. The molecule has 0 aliphatic carbocycles. The summed E-state index contributed by atoms with van der Waals surface area (Å²) in [6, 6.07) is 4.01. The molecule has 2 aromatic heterocycles. The molecule has 1 aliphatic heterocycles. The van der Waals surface area contributed by atoms with Gasteiger partial charge < -0.3 is 25.1 Å². The van der Waals surface area contributed by atoms with Crippen LogP contribution in [-0.4, -0.2) is 40.7 Å². The van der Waals surface area contributed by atoms with Gasteiger partial charge in [-0.25, -0.2) is 0 Å². The minimum atomic E-state index is 0.00142. The lowest BCUT2D eigenvalue weighted by molar-refractivity contribution is 0.0852. The van der Waals surface area contributed by atoms with Crippen molar-refractivity contribution in [3.05, 3.63) is 12.1 Å². The molecule has 0 unspecified atom stereocenters. The van der Waals surface area contributed by atoms with E-state index in [1.165, 1.54) is 12.8 Å². The maximum absolute atomic E-state index is 8.97. The second kappa shape index (κ2) is 4.70. The fraction of sp³-hybridized carbons (Fsp3) is 0.538. The van der Waals surface area contributed by atoms with Gasteiger partial charge in [0.2, 0.25) is 0 Å². The fourth-order valence-electron chi connectivity index (χ4n) is 2.69. The van der Waals surface area contributed by atoms with Gasteiger partial charge in [0.05, 0.1) is 12.1 Å². The Morgan fingerprint density at radius 2 is 2.00 bits per heavy atom. The number of nitrogens with zero attached hydrogens (tertiary/aromatic N) is 3. The predicted molar refractivity (Wildman–Crippen MR) is 75.3 cm³/mol. The Bertz CT molecular complexity index is 581. The van der Waals surface area contributed by atoms with Crippen molar-refractivity contribution in [2.75, 3.05) is 36.9 Å². The average molecular weight is 264 g/mol. The van der Waals surface area contributed by atoms with Crippen molar-refractivity contribution >= 4 is 22.7 Å². The number of hydrogen-bond acceptors (Lipinski definition) is 4. The van der Waals surface area contributed by atoms with E-state index in [1.54, 1.807) is 4.73 Å². The van der Waals surface area contributed by atoms with Gasteiger partial charge in [0, 0.05) is 32.3 Å². The zero-order valence-electron chi connectivity index (χ0n) is 11.2.